The molecule has 0 radical (unpaired) electrons. The Labute approximate surface area is 137 Å². The van der Waals surface area contributed by atoms with Gasteiger partial charge < -0.3 is 4.74 Å². The molecule has 1 fully saturated rings. The van der Waals surface area contributed by atoms with Crippen molar-refractivity contribution in [2.24, 2.45) is 5.92 Å². The van der Waals surface area contributed by atoms with Gasteiger partial charge >= 0.3 is 0 Å². The zero-order valence-corrected chi connectivity index (χ0v) is 15.2. The SMILES string of the molecule is CC(C)(C)c1csc(CCNS(=O)(=O)CCOCC2CC2)n1. The molecule has 0 saturated heterocycles. The zero-order valence-electron chi connectivity index (χ0n) is 13.6. The van der Waals surface area contributed by atoms with Crippen molar-refractivity contribution in [3.63, 3.8) is 0 Å². The fraction of sp³-hybridized carbons (Fsp3) is 0.800. The zero-order chi connectivity index (χ0) is 16.2. The van der Waals surface area contributed by atoms with Gasteiger partial charge in [0.15, 0.2) is 0 Å². The minimum Gasteiger partial charge on any atom is -0.380 e. The van der Waals surface area contributed by atoms with Crippen molar-refractivity contribution in [3.05, 3.63) is 16.1 Å². The van der Waals surface area contributed by atoms with E-state index in [2.05, 4.69) is 35.9 Å². The van der Waals surface area contributed by atoms with Crippen LogP contribution in [0.25, 0.3) is 0 Å². The van der Waals surface area contributed by atoms with Gasteiger partial charge in [-0.3, -0.25) is 0 Å². The van der Waals surface area contributed by atoms with Gasteiger partial charge in [-0.2, -0.15) is 0 Å². The summed E-state index contributed by atoms with van der Waals surface area (Å²) >= 11 is 1.59. The molecule has 7 heteroatoms. The highest BCUT2D eigenvalue weighted by Crippen LogP contribution is 2.28. The minimum absolute atomic E-state index is 0.0326. The standard InChI is InChI=1S/C15H26N2O3S2/c1-15(2,3)13-11-21-14(17-13)6-7-16-22(18,19)9-8-20-10-12-4-5-12/h11-12,16H,4-10H2,1-3H3. The van der Waals surface area contributed by atoms with Crippen LogP contribution in [0.2, 0.25) is 0 Å². The third-order valence-corrected chi connectivity index (χ3v) is 5.78. The molecule has 1 saturated carbocycles. The molecule has 5 nitrogen and oxygen atoms in total. The Morgan fingerprint density at radius 2 is 2.14 bits per heavy atom. The lowest BCUT2D eigenvalue weighted by atomic mass is 9.93. The second-order valence-corrected chi connectivity index (χ2v) is 9.73. The molecule has 1 aromatic rings. The average Bonchev–Trinajstić information content (AvgIpc) is 3.10. The molecule has 0 aromatic carbocycles. The third-order valence-electron chi connectivity index (χ3n) is 3.53. The maximum absolute atomic E-state index is 11.8. The van der Waals surface area contributed by atoms with Crippen LogP contribution in [0.15, 0.2) is 5.38 Å². The van der Waals surface area contributed by atoms with Crippen molar-refractivity contribution in [1.82, 2.24) is 9.71 Å². The van der Waals surface area contributed by atoms with E-state index >= 15 is 0 Å². The first-order chi connectivity index (χ1) is 10.3. The Hall–Kier alpha value is -0.500. The Bertz CT molecular complexity index is 572. The fourth-order valence-electron chi connectivity index (χ4n) is 1.86. The molecule has 1 heterocycles. The van der Waals surface area contributed by atoms with Crippen molar-refractivity contribution in [1.29, 1.82) is 0 Å². The summed E-state index contributed by atoms with van der Waals surface area (Å²) in [6, 6.07) is 0. The average molecular weight is 347 g/mol. The first-order valence-electron chi connectivity index (χ1n) is 7.76. The van der Waals surface area contributed by atoms with Gasteiger partial charge in [0.25, 0.3) is 0 Å². The predicted octanol–water partition coefficient (Wildman–Crippen LogP) is 2.33. The van der Waals surface area contributed by atoms with Crippen molar-refractivity contribution < 1.29 is 13.2 Å². The number of nitrogens with zero attached hydrogens (tertiary/aromatic N) is 1. The number of hydrogen-bond acceptors (Lipinski definition) is 5. The summed E-state index contributed by atoms with van der Waals surface area (Å²) in [6.07, 6.45) is 3.06. The Balaban J connectivity index is 1.66. The molecular weight excluding hydrogens is 320 g/mol. The number of sulfonamides is 1. The van der Waals surface area contributed by atoms with E-state index in [1.54, 1.807) is 11.3 Å². The van der Waals surface area contributed by atoms with Crippen molar-refractivity contribution >= 4 is 21.4 Å². The normalized spacial score (nSPS) is 16.1. The van der Waals surface area contributed by atoms with E-state index < -0.39 is 10.0 Å². The van der Waals surface area contributed by atoms with Crippen molar-refractivity contribution in [2.75, 3.05) is 25.5 Å². The molecule has 1 aliphatic carbocycles. The van der Waals surface area contributed by atoms with Crippen LogP contribution in [0, 0.1) is 5.92 Å². The lowest BCUT2D eigenvalue weighted by Gasteiger charge is -2.14. The Morgan fingerprint density at radius 3 is 2.73 bits per heavy atom. The number of hydrogen-bond donors (Lipinski definition) is 1. The number of ether oxygens (including phenoxy) is 1. The summed E-state index contributed by atoms with van der Waals surface area (Å²) in [5.41, 5.74) is 1.09. The monoisotopic (exact) mass is 346 g/mol. The molecule has 0 aliphatic heterocycles. The van der Waals surface area contributed by atoms with Crippen LogP contribution in [-0.4, -0.2) is 38.9 Å². The molecule has 2 rings (SSSR count). The first kappa shape index (κ1) is 17.8. The van der Waals surface area contributed by atoms with Crippen LogP contribution in [0.5, 0.6) is 0 Å². The molecule has 1 N–H and O–H groups in total. The Morgan fingerprint density at radius 1 is 1.41 bits per heavy atom. The van der Waals surface area contributed by atoms with Crippen LogP contribution in [-0.2, 0) is 26.6 Å². The maximum atomic E-state index is 11.8. The van der Waals surface area contributed by atoms with Gasteiger partial charge in [0.2, 0.25) is 10.0 Å². The van der Waals surface area contributed by atoms with E-state index in [1.165, 1.54) is 12.8 Å². The molecule has 0 atom stereocenters. The number of nitrogens with one attached hydrogen (secondary N) is 1. The molecule has 0 spiro atoms. The van der Waals surface area contributed by atoms with Crippen LogP contribution < -0.4 is 4.72 Å². The van der Waals surface area contributed by atoms with Gasteiger partial charge in [-0.15, -0.1) is 11.3 Å². The van der Waals surface area contributed by atoms with Crippen LogP contribution in [0.4, 0.5) is 0 Å². The van der Waals surface area contributed by atoms with Gasteiger partial charge in [-0.1, -0.05) is 20.8 Å². The van der Waals surface area contributed by atoms with E-state index in [0.29, 0.717) is 25.5 Å². The lowest BCUT2D eigenvalue weighted by Crippen LogP contribution is -2.30. The van der Waals surface area contributed by atoms with Crippen molar-refractivity contribution in [2.45, 2.75) is 45.4 Å². The topological polar surface area (TPSA) is 68.3 Å². The van der Waals surface area contributed by atoms with Gasteiger partial charge in [-0.25, -0.2) is 18.1 Å². The van der Waals surface area contributed by atoms with Crippen LogP contribution in [0.3, 0.4) is 0 Å². The molecule has 0 unspecified atom stereocenters. The molecule has 22 heavy (non-hydrogen) atoms. The molecule has 0 amide bonds. The summed E-state index contributed by atoms with van der Waals surface area (Å²) in [4.78, 5) is 4.56. The summed E-state index contributed by atoms with van der Waals surface area (Å²) in [5, 5.41) is 3.02. The highest BCUT2D eigenvalue weighted by Gasteiger charge is 2.21. The third kappa shape index (κ3) is 6.32. The molecule has 126 valence electrons. The van der Waals surface area contributed by atoms with Crippen LogP contribution in [0.1, 0.15) is 44.3 Å². The lowest BCUT2D eigenvalue weighted by molar-refractivity contribution is 0.138. The summed E-state index contributed by atoms with van der Waals surface area (Å²) < 4.78 is 31.7. The van der Waals surface area contributed by atoms with E-state index in [9.17, 15) is 8.42 Å². The number of rotatable bonds is 9. The fourth-order valence-corrected chi connectivity index (χ4v) is 3.78. The molecule has 0 bridgehead atoms. The highest BCUT2D eigenvalue weighted by atomic mass is 32.2. The van der Waals surface area contributed by atoms with E-state index in [-0.39, 0.29) is 17.8 Å². The van der Waals surface area contributed by atoms with Crippen molar-refractivity contribution in [3.8, 4) is 0 Å². The molecular formula is C15H26N2O3S2. The smallest absolute Gasteiger partial charge is 0.213 e. The van der Waals surface area contributed by atoms with E-state index in [0.717, 1.165) is 10.7 Å². The van der Waals surface area contributed by atoms with E-state index in [1.807, 2.05) is 0 Å². The quantitative estimate of drug-likeness (QED) is 0.697. The molecule has 1 aromatic heterocycles. The number of thiazole rings is 1. The largest absolute Gasteiger partial charge is 0.380 e. The van der Waals surface area contributed by atoms with Gasteiger partial charge in [0, 0.05) is 30.4 Å². The Kier molecular flexibility index (Phi) is 5.99. The minimum atomic E-state index is -3.25. The highest BCUT2D eigenvalue weighted by molar-refractivity contribution is 7.89. The first-order valence-corrected chi connectivity index (χ1v) is 10.3. The van der Waals surface area contributed by atoms with E-state index in [4.69, 9.17) is 4.74 Å². The molecule has 1 aliphatic rings. The van der Waals surface area contributed by atoms with Gasteiger partial charge in [0.05, 0.1) is 23.1 Å². The van der Waals surface area contributed by atoms with Gasteiger partial charge in [0.1, 0.15) is 0 Å². The maximum Gasteiger partial charge on any atom is 0.213 e. The van der Waals surface area contributed by atoms with Crippen LogP contribution >= 0.6 is 11.3 Å². The predicted molar refractivity (Wildman–Crippen MR) is 89.9 cm³/mol. The number of aromatic nitrogens is 1. The van der Waals surface area contributed by atoms with Gasteiger partial charge in [-0.05, 0) is 18.8 Å². The second-order valence-electron chi connectivity index (χ2n) is 6.86. The summed E-state index contributed by atoms with van der Waals surface area (Å²) in [5.74, 6) is 0.697. The summed E-state index contributed by atoms with van der Waals surface area (Å²) in [6.45, 7) is 7.73. The second kappa shape index (κ2) is 7.38. The summed E-state index contributed by atoms with van der Waals surface area (Å²) in [7, 11) is -3.25.